The maximum atomic E-state index is 13.0. The van der Waals surface area contributed by atoms with E-state index < -0.39 is 5.54 Å². The number of methoxy groups -OCH3 is 2. The summed E-state index contributed by atoms with van der Waals surface area (Å²) in [5, 5.41) is 8.86. The van der Waals surface area contributed by atoms with Gasteiger partial charge in [-0.3, -0.25) is 10.2 Å². The van der Waals surface area contributed by atoms with Crippen LogP contribution in [0, 0.1) is 0 Å². The molecular weight excluding hydrogens is 450 g/mol. The highest BCUT2D eigenvalue weighted by Gasteiger charge is 2.43. The average Bonchev–Trinajstić information content (AvgIpc) is 3.32. The Hall–Kier alpha value is -3.56. The van der Waals surface area contributed by atoms with E-state index in [0.717, 1.165) is 11.1 Å². The van der Waals surface area contributed by atoms with Crippen molar-refractivity contribution in [1.82, 2.24) is 10.9 Å². The van der Waals surface area contributed by atoms with Crippen molar-refractivity contribution in [2.75, 3.05) is 40.6 Å². The highest BCUT2D eigenvalue weighted by Crippen LogP contribution is 2.28. The second kappa shape index (κ2) is 12.8. The number of rotatable bonds is 14. The SMILES string of the molecule is C=CC[C@@]1(C(=O)NNCCc2ccc(OC)c(OC)c2)COC(c2ccc(OCCCO)cc2)=N1. The number of nitrogens with one attached hydrogen (secondary N) is 2. The molecule has 0 saturated carbocycles. The number of hydrogen-bond acceptors (Lipinski definition) is 8. The fourth-order valence-electron chi connectivity index (χ4n) is 3.60. The second-order valence-corrected chi connectivity index (χ2v) is 8.00. The Bertz CT molecular complexity index is 1020. The molecule has 0 radical (unpaired) electrons. The van der Waals surface area contributed by atoms with Crippen molar-refractivity contribution in [2.45, 2.75) is 24.8 Å². The molecule has 0 aliphatic carbocycles. The molecular formula is C26H33N3O6. The summed E-state index contributed by atoms with van der Waals surface area (Å²) < 4.78 is 22.0. The minimum Gasteiger partial charge on any atom is -0.494 e. The van der Waals surface area contributed by atoms with Crippen molar-refractivity contribution in [2.24, 2.45) is 4.99 Å². The van der Waals surface area contributed by atoms with Gasteiger partial charge in [0.2, 0.25) is 5.90 Å². The van der Waals surface area contributed by atoms with Gasteiger partial charge in [0.1, 0.15) is 12.4 Å². The standard InChI is InChI=1S/C26H33N3O6/c1-4-13-26(18-35-24(28-26)20-7-9-21(10-8-20)34-16-5-15-30)25(31)29-27-14-12-19-6-11-22(32-2)23(17-19)33-3/h4,6-11,17,27,30H,1,5,12-16,18H2,2-3H3,(H,29,31)/t26-/m0/s1. The van der Waals surface area contributed by atoms with Gasteiger partial charge in [-0.1, -0.05) is 12.1 Å². The molecule has 0 spiro atoms. The fraction of sp³-hybridized carbons (Fsp3) is 0.385. The number of amides is 1. The lowest BCUT2D eigenvalue weighted by atomic mass is 9.97. The van der Waals surface area contributed by atoms with Crippen LogP contribution < -0.4 is 25.1 Å². The van der Waals surface area contributed by atoms with Crippen LogP contribution in [-0.4, -0.2) is 63.0 Å². The van der Waals surface area contributed by atoms with Crippen molar-refractivity contribution in [1.29, 1.82) is 0 Å². The zero-order valence-corrected chi connectivity index (χ0v) is 20.2. The smallest absolute Gasteiger partial charge is 0.266 e. The molecule has 35 heavy (non-hydrogen) atoms. The number of aliphatic hydroxyl groups is 1. The van der Waals surface area contributed by atoms with Crippen LogP contribution in [0.4, 0.5) is 0 Å². The van der Waals surface area contributed by atoms with Crippen LogP contribution in [0.15, 0.2) is 60.1 Å². The minimum absolute atomic E-state index is 0.0846. The molecule has 1 amide bonds. The molecule has 1 heterocycles. The van der Waals surface area contributed by atoms with E-state index in [1.54, 1.807) is 20.3 Å². The van der Waals surface area contributed by atoms with E-state index in [-0.39, 0.29) is 19.1 Å². The zero-order valence-electron chi connectivity index (χ0n) is 20.2. The normalized spacial score (nSPS) is 16.7. The molecule has 3 N–H and O–H groups in total. The highest BCUT2D eigenvalue weighted by atomic mass is 16.5. The van der Waals surface area contributed by atoms with Gasteiger partial charge in [-0.15, -0.1) is 6.58 Å². The number of benzene rings is 2. The second-order valence-electron chi connectivity index (χ2n) is 8.00. The number of nitrogens with zero attached hydrogens (tertiary/aromatic N) is 1. The van der Waals surface area contributed by atoms with Crippen LogP contribution in [-0.2, 0) is 16.0 Å². The molecule has 1 atom stereocenters. The van der Waals surface area contributed by atoms with E-state index in [4.69, 9.17) is 24.1 Å². The van der Waals surface area contributed by atoms with Gasteiger partial charge in [-0.05, 0) is 48.4 Å². The third-order valence-electron chi connectivity index (χ3n) is 5.53. The van der Waals surface area contributed by atoms with Gasteiger partial charge in [0.15, 0.2) is 17.0 Å². The van der Waals surface area contributed by atoms with Crippen LogP contribution >= 0.6 is 0 Å². The lowest BCUT2D eigenvalue weighted by Crippen LogP contribution is -2.51. The van der Waals surface area contributed by atoms with Crippen LogP contribution in [0.1, 0.15) is 24.0 Å². The molecule has 1 aliphatic heterocycles. The topological polar surface area (TPSA) is 111 Å². The van der Waals surface area contributed by atoms with Gasteiger partial charge >= 0.3 is 0 Å². The lowest BCUT2D eigenvalue weighted by molar-refractivity contribution is -0.127. The molecule has 0 bridgehead atoms. The number of hydrogen-bond donors (Lipinski definition) is 3. The molecule has 2 aromatic rings. The Morgan fingerprint density at radius 3 is 2.66 bits per heavy atom. The molecule has 2 aromatic carbocycles. The molecule has 3 rings (SSSR count). The molecule has 188 valence electrons. The molecule has 0 fully saturated rings. The summed E-state index contributed by atoms with van der Waals surface area (Å²) in [5.41, 5.74) is 6.44. The molecule has 9 nitrogen and oxygen atoms in total. The number of ether oxygens (including phenoxy) is 4. The molecule has 0 saturated heterocycles. The summed E-state index contributed by atoms with van der Waals surface area (Å²) in [4.78, 5) is 17.7. The monoisotopic (exact) mass is 483 g/mol. The molecule has 9 heteroatoms. The van der Waals surface area contributed by atoms with Gasteiger partial charge in [-0.25, -0.2) is 10.4 Å². The van der Waals surface area contributed by atoms with E-state index in [1.807, 2.05) is 42.5 Å². The predicted octanol–water partition coefficient (Wildman–Crippen LogP) is 2.42. The average molecular weight is 484 g/mol. The van der Waals surface area contributed by atoms with E-state index in [1.165, 1.54) is 0 Å². The Kier molecular flexibility index (Phi) is 9.51. The minimum atomic E-state index is -1.09. The number of carbonyl (C=O) groups is 1. The molecule has 0 aromatic heterocycles. The highest BCUT2D eigenvalue weighted by molar-refractivity contribution is 6.00. The number of hydrazine groups is 1. The summed E-state index contributed by atoms with van der Waals surface area (Å²) in [6.45, 7) is 4.94. The maximum absolute atomic E-state index is 13.0. The van der Waals surface area contributed by atoms with Crippen molar-refractivity contribution in [3.05, 3.63) is 66.2 Å². The summed E-state index contributed by atoms with van der Waals surface area (Å²) in [6, 6.07) is 13.0. The first-order valence-electron chi connectivity index (χ1n) is 11.5. The summed E-state index contributed by atoms with van der Waals surface area (Å²) in [7, 11) is 3.19. The number of aliphatic hydroxyl groups excluding tert-OH is 1. The Labute approximate surface area is 205 Å². The van der Waals surface area contributed by atoms with Gasteiger partial charge in [-0.2, -0.15) is 0 Å². The van der Waals surface area contributed by atoms with Gasteiger partial charge in [0.25, 0.3) is 5.91 Å². The molecule has 0 unspecified atom stereocenters. The third-order valence-corrected chi connectivity index (χ3v) is 5.53. The number of carbonyl (C=O) groups excluding carboxylic acids is 1. The Morgan fingerprint density at radius 1 is 1.20 bits per heavy atom. The van der Waals surface area contributed by atoms with Crippen molar-refractivity contribution in [3.8, 4) is 17.2 Å². The van der Waals surface area contributed by atoms with Gasteiger partial charge in [0, 0.05) is 31.6 Å². The van der Waals surface area contributed by atoms with Crippen molar-refractivity contribution >= 4 is 11.8 Å². The van der Waals surface area contributed by atoms with Crippen molar-refractivity contribution < 1.29 is 28.8 Å². The Balaban J connectivity index is 1.58. The van der Waals surface area contributed by atoms with Crippen LogP contribution in [0.3, 0.4) is 0 Å². The van der Waals surface area contributed by atoms with Crippen LogP contribution in [0.2, 0.25) is 0 Å². The first-order valence-corrected chi connectivity index (χ1v) is 11.5. The van der Waals surface area contributed by atoms with Crippen molar-refractivity contribution in [3.63, 3.8) is 0 Å². The molecule has 1 aliphatic rings. The third kappa shape index (κ3) is 6.74. The lowest BCUT2D eigenvalue weighted by Gasteiger charge is -2.21. The Morgan fingerprint density at radius 2 is 1.97 bits per heavy atom. The largest absolute Gasteiger partial charge is 0.494 e. The van der Waals surface area contributed by atoms with E-state index in [0.29, 0.717) is 55.6 Å². The number of aliphatic imine (C=N–C) groups is 1. The summed E-state index contributed by atoms with van der Waals surface area (Å²) in [6.07, 6.45) is 3.24. The summed E-state index contributed by atoms with van der Waals surface area (Å²) in [5.74, 6) is 2.13. The van der Waals surface area contributed by atoms with Crippen LogP contribution in [0.5, 0.6) is 17.2 Å². The summed E-state index contributed by atoms with van der Waals surface area (Å²) >= 11 is 0. The zero-order chi connectivity index (χ0) is 25.1. The maximum Gasteiger partial charge on any atom is 0.266 e. The van der Waals surface area contributed by atoms with Crippen LogP contribution in [0.25, 0.3) is 0 Å². The fourth-order valence-corrected chi connectivity index (χ4v) is 3.60. The van der Waals surface area contributed by atoms with E-state index in [2.05, 4.69) is 22.4 Å². The van der Waals surface area contributed by atoms with E-state index >= 15 is 0 Å². The quantitative estimate of drug-likeness (QED) is 0.215. The predicted molar refractivity (Wildman–Crippen MR) is 133 cm³/mol. The van der Waals surface area contributed by atoms with Gasteiger partial charge in [0.05, 0.1) is 20.8 Å². The van der Waals surface area contributed by atoms with E-state index in [9.17, 15) is 4.79 Å². The first kappa shape index (κ1) is 26.1. The first-order chi connectivity index (χ1) is 17.0. The van der Waals surface area contributed by atoms with Gasteiger partial charge < -0.3 is 24.1 Å².